The van der Waals surface area contributed by atoms with Crippen LogP contribution in [0.5, 0.6) is 0 Å². The number of hydrogen-bond donors (Lipinski definition) is 0. The molecule has 1 aliphatic heterocycles. The first kappa shape index (κ1) is 13.7. The smallest absolute Gasteiger partial charge is 0.0734 e. The highest BCUT2D eigenvalue weighted by atomic mass is 32.1. The highest BCUT2D eigenvalue weighted by molar-refractivity contribution is 7.09. The molecule has 2 aromatic heterocycles. The average Bonchev–Trinajstić information content (AvgIpc) is 2.97. The Kier molecular flexibility index (Phi) is 4.45. The summed E-state index contributed by atoms with van der Waals surface area (Å²) in [5.41, 5.74) is 4.08. The molecule has 20 heavy (non-hydrogen) atoms. The van der Waals surface area contributed by atoms with Crippen molar-refractivity contribution < 1.29 is 4.74 Å². The van der Waals surface area contributed by atoms with Crippen LogP contribution in [0.15, 0.2) is 29.9 Å². The molecular formula is C16H20N2OS. The first-order valence-electron chi connectivity index (χ1n) is 7.14. The average molecular weight is 288 g/mol. The highest BCUT2D eigenvalue weighted by Crippen LogP contribution is 2.24. The van der Waals surface area contributed by atoms with Crippen molar-refractivity contribution in [3.05, 3.63) is 51.5 Å². The van der Waals surface area contributed by atoms with E-state index in [0.29, 0.717) is 6.61 Å². The van der Waals surface area contributed by atoms with Crippen molar-refractivity contribution in [2.24, 2.45) is 0 Å². The molecule has 0 fully saturated rings. The molecule has 106 valence electrons. The van der Waals surface area contributed by atoms with E-state index in [0.717, 1.165) is 32.7 Å². The second kappa shape index (κ2) is 6.48. The lowest BCUT2D eigenvalue weighted by Gasteiger charge is -2.29. The molecule has 2 aromatic rings. The molecule has 0 N–H and O–H groups in total. The zero-order valence-electron chi connectivity index (χ0n) is 11.8. The van der Waals surface area contributed by atoms with Gasteiger partial charge in [-0.3, -0.25) is 9.88 Å². The van der Waals surface area contributed by atoms with Gasteiger partial charge >= 0.3 is 0 Å². The van der Waals surface area contributed by atoms with Crippen molar-refractivity contribution in [1.29, 1.82) is 0 Å². The molecule has 0 saturated heterocycles. The van der Waals surface area contributed by atoms with Crippen LogP contribution in [0.4, 0.5) is 0 Å². The van der Waals surface area contributed by atoms with Crippen molar-refractivity contribution in [2.45, 2.75) is 33.0 Å². The van der Waals surface area contributed by atoms with Gasteiger partial charge in [0.15, 0.2) is 0 Å². The maximum absolute atomic E-state index is 5.55. The second-order valence-electron chi connectivity index (χ2n) is 5.11. The van der Waals surface area contributed by atoms with Crippen LogP contribution >= 0.6 is 11.3 Å². The van der Waals surface area contributed by atoms with Gasteiger partial charge < -0.3 is 4.74 Å². The van der Waals surface area contributed by atoms with Crippen LogP contribution in [-0.2, 0) is 30.9 Å². The summed E-state index contributed by atoms with van der Waals surface area (Å²) < 4.78 is 5.55. The molecule has 0 amide bonds. The number of aromatic nitrogens is 1. The van der Waals surface area contributed by atoms with Crippen molar-refractivity contribution in [3.63, 3.8) is 0 Å². The second-order valence-corrected chi connectivity index (χ2v) is 6.15. The van der Waals surface area contributed by atoms with Crippen LogP contribution in [-0.4, -0.2) is 23.0 Å². The molecule has 0 radical (unpaired) electrons. The molecule has 0 bridgehead atoms. The number of fused-ring (bicyclic) bond motifs is 1. The number of pyridine rings is 1. The Morgan fingerprint density at radius 3 is 3.15 bits per heavy atom. The van der Waals surface area contributed by atoms with E-state index in [1.807, 2.05) is 30.7 Å². The van der Waals surface area contributed by atoms with Crippen molar-refractivity contribution in [1.82, 2.24) is 9.88 Å². The van der Waals surface area contributed by atoms with Crippen LogP contribution in [0.2, 0.25) is 0 Å². The first-order chi connectivity index (χ1) is 9.86. The Morgan fingerprint density at radius 2 is 2.35 bits per heavy atom. The molecule has 3 heterocycles. The molecule has 3 rings (SSSR count). The summed E-state index contributed by atoms with van der Waals surface area (Å²) in [5, 5.41) is 2.15. The molecule has 0 saturated carbocycles. The predicted octanol–water partition coefficient (Wildman–Crippen LogP) is 3.24. The molecular weight excluding hydrogens is 268 g/mol. The fraction of sp³-hybridized carbons (Fsp3) is 0.438. The zero-order valence-corrected chi connectivity index (χ0v) is 12.7. The molecule has 0 aliphatic carbocycles. The molecule has 3 nitrogen and oxygen atoms in total. The van der Waals surface area contributed by atoms with E-state index < -0.39 is 0 Å². The summed E-state index contributed by atoms with van der Waals surface area (Å²) in [6.45, 7) is 6.65. The molecule has 1 aliphatic rings. The Hall–Kier alpha value is -1.23. The van der Waals surface area contributed by atoms with E-state index in [1.165, 1.54) is 21.6 Å². The molecule has 4 heteroatoms. The quantitative estimate of drug-likeness (QED) is 0.844. The summed E-state index contributed by atoms with van der Waals surface area (Å²) in [6, 6.07) is 4.34. The fourth-order valence-corrected chi connectivity index (χ4v) is 3.47. The van der Waals surface area contributed by atoms with Crippen LogP contribution in [0.1, 0.15) is 28.5 Å². The largest absolute Gasteiger partial charge is 0.377 e. The van der Waals surface area contributed by atoms with Gasteiger partial charge in [0.25, 0.3) is 0 Å². The Balaban J connectivity index is 1.71. The van der Waals surface area contributed by atoms with Gasteiger partial charge in [0, 0.05) is 43.5 Å². The summed E-state index contributed by atoms with van der Waals surface area (Å²) >= 11 is 1.83. The molecule has 0 aromatic carbocycles. The van der Waals surface area contributed by atoms with Gasteiger partial charge in [-0.05, 0) is 41.5 Å². The van der Waals surface area contributed by atoms with Crippen LogP contribution in [0, 0.1) is 0 Å². The van der Waals surface area contributed by atoms with Crippen molar-refractivity contribution in [3.8, 4) is 0 Å². The van der Waals surface area contributed by atoms with E-state index in [4.69, 9.17) is 4.74 Å². The third kappa shape index (κ3) is 3.08. The summed E-state index contributed by atoms with van der Waals surface area (Å²) in [4.78, 5) is 8.32. The maximum atomic E-state index is 5.55. The Labute approximate surface area is 124 Å². The lowest BCUT2D eigenvalue weighted by molar-refractivity contribution is 0.132. The SMILES string of the molecule is CCOCc1cncc2c1CCN(Cc1cccs1)C2. The van der Waals surface area contributed by atoms with E-state index in [2.05, 4.69) is 27.4 Å². The third-order valence-corrected chi connectivity index (χ3v) is 4.59. The summed E-state index contributed by atoms with van der Waals surface area (Å²) in [5.74, 6) is 0. The minimum Gasteiger partial charge on any atom is -0.377 e. The lowest BCUT2D eigenvalue weighted by Crippen LogP contribution is -2.30. The number of rotatable bonds is 5. The Morgan fingerprint density at radius 1 is 1.40 bits per heavy atom. The van der Waals surface area contributed by atoms with Gasteiger partial charge in [0.2, 0.25) is 0 Å². The fourth-order valence-electron chi connectivity index (χ4n) is 2.72. The van der Waals surface area contributed by atoms with Gasteiger partial charge in [-0.1, -0.05) is 6.07 Å². The number of hydrogen-bond acceptors (Lipinski definition) is 4. The van der Waals surface area contributed by atoms with Crippen LogP contribution < -0.4 is 0 Å². The molecule has 0 spiro atoms. The van der Waals surface area contributed by atoms with Gasteiger partial charge in [-0.15, -0.1) is 11.3 Å². The number of nitrogens with zero attached hydrogens (tertiary/aromatic N) is 2. The topological polar surface area (TPSA) is 25.4 Å². The van der Waals surface area contributed by atoms with E-state index in [1.54, 1.807) is 0 Å². The van der Waals surface area contributed by atoms with Gasteiger partial charge in [0.05, 0.1) is 6.61 Å². The Bertz CT molecular complexity index is 554. The van der Waals surface area contributed by atoms with Gasteiger partial charge in [-0.2, -0.15) is 0 Å². The van der Waals surface area contributed by atoms with Gasteiger partial charge in [0.1, 0.15) is 0 Å². The standard InChI is InChI=1S/C16H20N2OS/c1-2-19-12-14-9-17-8-13-10-18(6-5-16(13)14)11-15-4-3-7-20-15/h3-4,7-9H,2,5-6,10-12H2,1H3. The van der Waals surface area contributed by atoms with E-state index >= 15 is 0 Å². The van der Waals surface area contributed by atoms with Crippen molar-refractivity contribution >= 4 is 11.3 Å². The highest BCUT2D eigenvalue weighted by Gasteiger charge is 2.19. The molecule has 0 unspecified atom stereocenters. The zero-order chi connectivity index (χ0) is 13.8. The number of ether oxygens (including phenoxy) is 1. The lowest BCUT2D eigenvalue weighted by atomic mass is 9.97. The van der Waals surface area contributed by atoms with Gasteiger partial charge in [-0.25, -0.2) is 0 Å². The van der Waals surface area contributed by atoms with E-state index in [9.17, 15) is 0 Å². The van der Waals surface area contributed by atoms with E-state index in [-0.39, 0.29) is 0 Å². The van der Waals surface area contributed by atoms with Crippen LogP contribution in [0.25, 0.3) is 0 Å². The predicted molar refractivity (Wildman–Crippen MR) is 81.7 cm³/mol. The minimum absolute atomic E-state index is 0.692. The van der Waals surface area contributed by atoms with Crippen molar-refractivity contribution in [2.75, 3.05) is 13.2 Å². The van der Waals surface area contributed by atoms with Crippen LogP contribution in [0.3, 0.4) is 0 Å². The summed E-state index contributed by atoms with van der Waals surface area (Å²) in [7, 11) is 0. The molecule has 0 atom stereocenters. The normalized spacial score (nSPS) is 15.2. The first-order valence-corrected chi connectivity index (χ1v) is 8.02. The maximum Gasteiger partial charge on any atom is 0.0734 e. The third-order valence-electron chi connectivity index (χ3n) is 3.73. The number of thiophene rings is 1. The minimum atomic E-state index is 0.692. The monoisotopic (exact) mass is 288 g/mol. The summed E-state index contributed by atoms with van der Waals surface area (Å²) in [6.07, 6.45) is 5.08.